The molecule has 2 aromatic rings. The number of sulfonamides is 1. The highest BCUT2D eigenvalue weighted by Gasteiger charge is 2.22. The second-order valence-electron chi connectivity index (χ2n) is 5.94. The van der Waals surface area contributed by atoms with Crippen LogP contribution in [0.1, 0.15) is 21.5 Å². The van der Waals surface area contributed by atoms with Crippen molar-refractivity contribution in [3.8, 4) is 0 Å². The van der Waals surface area contributed by atoms with Gasteiger partial charge in [-0.3, -0.25) is 9.10 Å². The third-order valence-electron chi connectivity index (χ3n) is 3.90. The van der Waals surface area contributed by atoms with Gasteiger partial charge in [0.05, 0.1) is 23.2 Å². The summed E-state index contributed by atoms with van der Waals surface area (Å²) in [5.41, 5.74) is 2.31. The Morgan fingerprint density at radius 3 is 2.31 bits per heavy atom. The van der Waals surface area contributed by atoms with Crippen LogP contribution >= 0.6 is 0 Å². The lowest BCUT2D eigenvalue weighted by molar-refractivity contribution is -0.114. The smallest absolute Gasteiger partial charge is 0.337 e. The van der Waals surface area contributed by atoms with Gasteiger partial charge in [0, 0.05) is 0 Å². The van der Waals surface area contributed by atoms with Gasteiger partial charge in [-0.1, -0.05) is 18.2 Å². The number of nitrogens with one attached hydrogen (secondary N) is 1. The van der Waals surface area contributed by atoms with Crippen LogP contribution in [0, 0.1) is 13.8 Å². The molecule has 0 radical (unpaired) electrons. The van der Waals surface area contributed by atoms with Crippen molar-refractivity contribution in [1.29, 1.82) is 0 Å². The van der Waals surface area contributed by atoms with Crippen LogP contribution in [-0.4, -0.2) is 38.2 Å². The minimum absolute atomic E-state index is 0.0714. The minimum Gasteiger partial charge on any atom is -0.478 e. The summed E-state index contributed by atoms with van der Waals surface area (Å²) in [5.74, 6) is -1.82. The zero-order chi connectivity index (χ0) is 19.5. The number of aryl methyl sites for hydroxylation is 2. The Balaban J connectivity index is 2.28. The van der Waals surface area contributed by atoms with Crippen LogP contribution in [-0.2, 0) is 14.8 Å². The Morgan fingerprint density at radius 1 is 1.08 bits per heavy atom. The Morgan fingerprint density at radius 2 is 1.73 bits per heavy atom. The molecule has 0 aliphatic carbocycles. The lowest BCUT2D eigenvalue weighted by Crippen LogP contribution is -2.37. The molecule has 0 aliphatic rings. The standard InChI is InChI=1S/C18H20N2O5S/c1-12-8-9-14(10-13(12)2)20(26(3,24)25)11-17(21)19-16-7-5-4-6-15(16)18(22)23/h4-10H,11H2,1-3H3,(H,19,21)(H,22,23). The topological polar surface area (TPSA) is 104 Å². The molecule has 0 spiro atoms. The zero-order valence-electron chi connectivity index (χ0n) is 14.7. The van der Waals surface area contributed by atoms with Crippen LogP contribution in [0.5, 0.6) is 0 Å². The van der Waals surface area contributed by atoms with Gasteiger partial charge in [-0.15, -0.1) is 0 Å². The van der Waals surface area contributed by atoms with Crippen LogP contribution in [0.2, 0.25) is 0 Å². The van der Waals surface area contributed by atoms with Gasteiger partial charge in [-0.05, 0) is 49.2 Å². The van der Waals surface area contributed by atoms with Crippen molar-refractivity contribution < 1.29 is 23.1 Å². The largest absolute Gasteiger partial charge is 0.478 e. The molecule has 8 heteroatoms. The normalized spacial score (nSPS) is 11.0. The maximum atomic E-state index is 12.4. The fraction of sp³-hybridized carbons (Fsp3) is 0.222. The lowest BCUT2D eigenvalue weighted by atomic mass is 10.1. The Bertz CT molecular complexity index is 954. The van der Waals surface area contributed by atoms with Crippen LogP contribution in [0.4, 0.5) is 11.4 Å². The summed E-state index contributed by atoms with van der Waals surface area (Å²) in [7, 11) is -3.71. The van der Waals surface area contributed by atoms with Crippen molar-refractivity contribution in [2.75, 3.05) is 22.4 Å². The molecule has 7 nitrogen and oxygen atoms in total. The van der Waals surface area contributed by atoms with E-state index >= 15 is 0 Å². The number of para-hydroxylation sites is 1. The minimum atomic E-state index is -3.71. The Kier molecular flexibility index (Phi) is 5.66. The molecule has 0 atom stereocenters. The fourth-order valence-electron chi connectivity index (χ4n) is 2.38. The van der Waals surface area contributed by atoms with Crippen LogP contribution in [0.3, 0.4) is 0 Å². The van der Waals surface area contributed by atoms with Crippen molar-refractivity contribution >= 4 is 33.3 Å². The molecule has 2 N–H and O–H groups in total. The van der Waals surface area contributed by atoms with Gasteiger partial charge >= 0.3 is 5.97 Å². The highest BCUT2D eigenvalue weighted by molar-refractivity contribution is 7.92. The molecule has 0 heterocycles. The van der Waals surface area contributed by atoms with Gasteiger partial charge in [0.2, 0.25) is 15.9 Å². The number of benzene rings is 2. The van der Waals surface area contributed by atoms with E-state index in [2.05, 4.69) is 5.32 Å². The molecular formula is C18H20N2O5S. The monoisotopic (exact) mass is 376 g/mol. The van der Waals surface area contributed by atoms with Gasteiger partial charge in [0.1, 0.15) is 6.54 Å². The van der Waals surface area contributed by atoms with E-state index in [0.29, 0.717) is 5.69 Å². The van der Waals surface area contributed by atoms with Crippen molar-refractivity contribution in [1.82, 2.24) is 0 Å². The zero-order valence-corrected chi connectivity index (χ0v) is 15.5. The summed E-state index contributed by atoms with van der Waals surface area (Å²) < 4.78 is 25.3. The first-order valence-corrected chi connectivity index (χ1v) is 9.61. The predicted molar refractivity (Wildman–Crippen MR) is 100 cm³/mol. The molecule has 0 saturated heterocycles. The Labute approximate surface area is 152 Å². The van der Waals surface area contributed by atoms with Gasteiger partial charge in [0.15, 0.2) is 0 Å². The first kappa shape index (κ1) is 19.5. The van der Waals surface area contributed by atoms with Gasteiger partial charge in [-0.2, -0.15) is 0 Å². The second kappa shape index (κ2) is 7.57. The van der Waals surface area contributed by atoms with E-state index in [1.54, 1.807) is 24.3 Å². The van der Waals surface area contributed by atoms with Crippen LogP contribution < -0.4 is 9.62 Å². The number of hydrogen-bond donors (Lipinski definition) is 2. The quantitative estimate of drug-likeness (QED) is 0.806. The van der Waals surface area contributed by atoms with E-state index < -0.39 is 28.4 Å². The average molecular weight is 376 g/mol. The van der Waals surface area contributed by atoms with Crippen LogP contribution in [0.25, 0.3) is 0 Å². The fourth-order valence-corrected chi connectivity index (χ4v) is 3.23. The summed E-state index contributed by atoms with van der Waals surface area (Å²) in [6.45, 7) is 3.29. The number of aromatic carboxylic acids is 1. The van der Waals surface area contributed by atoms with E-state index in [1.807, 2.05) is 13.8 Å². The highest BCUT2D eigenvalue weighted by Crippen LogP contribution is 2.22. The van der Waals surface area contributed by atoms with Crippen LogP contribution in [0.15, 0.2) is 42.5 Å². The van der Waals surface area contributed by atoms with E-state index in [9.17, 15) is 18.0 Å². The first-order chi connectivity index (χ1) is 12.1. The number of hydrogen-bond acceptors (Lipinski definition) is 4. The average Bonchev–Trinajstić information content (AvgIpc) is 2.54. The number of carboxylic acid groups (broad SMARTS) is 1. The maximum Gasteiger partial charge on any atom is 0.337 e. The molecule has 1 amide bonds. The summed E-state index contributed by atoms with van der Waals surface area (Å²) in [6.07, 6.45) is 1.01. The molecule has 0 bridgehead atoms. The van der Waals surface area contributed by atoms with Gasteiger partial charge in [0.25, 0.3) is 0 Å². The number of carbonyl (C=O) groups excluding carboxylic acids is 1. The number of carboxylic acids is 1. The molecule has 0 unspecified atom stereocenters. The maximum absolute atomic E-state index is 12.4. The Hall–Kier alpha value is -2.87. The van der Waals surface area contributed by atoms with Crippen molar-refractivity contribution in [3.05, 3.63) is 59.2 Å². The van der Waals surface area contributed by atoms with Crippen molar-refractivity contribution in [2.24, 2.45) is 0 Å². The number of anilines is 2. The molecule has 2 aromatic carbocycles. The second-order valence-corrected chi connectivity index (χ2v) is 7.84. The number of carbonyl (C=O) groups is 2. The third kappa shape index (κ3) is 4.60. The van der Waals surface area contributed by atoms with E-state index in [-0.39, 0.29) is 11.3 Å². The molecule has 2 rings (SSSR count). The van der Waals surface area contributed by atoms with Crippen molar-refractivity contribution in [3.63, 3.8) is 0 Å². The molecule has 0 aliphatic heterocycles. The summed E-state index contributed by atoms with van der Waals surface area (Å²) in [6, 6.07) is 11.0. The molecule has 0 fully saturated rings. The first-order valence-electron chi connectivity index (χ1n) is 7.76. The number of nitrogens with zero attached hydrogens (tertiary/aromatic N) is 1. The van der Waals surface area contributed by atoms with Crippen molar-refractivity contribution in [2.45, 2.75) is 13.8 Å². The highest BCUT2D eigenvalue weighted by atomic mass is 32.2. The molecule has 0 saturated carbocycles. The summed E-state index contributed by atoms with van der Waals surface area (Å²) in [4.78, 5) is 23.6. The third-order valence-corrected chi connectivity index (χ3v) is 5.04. The summed E-state index contributed by atoms with van der Waals surface area (Å²) >= 11 is 0. The molecule has 138 valence electrons. The lowest BCUT2D eigenvalue weighted by Gasteiger charge is -2.23. The molecular weight excluding hydrogens is 356 g/mol. The van der Waals surface area contributed by atoms with E-state index in [4.69, 9.17) is 5.11 Å². The molecule has 26 heavy (non-hydrogen) atoms. The van der Waals surface area contributed by atoms with Gasteiger partial charge in [-0.25, -0.2) is 13.2 Å². The number of amides is 1. The SMILES string of the molecule is Cc1ccc(N(CC(=O)Nc2ccccc2C(=O)O)S(C)(=O)=O)cc1C. The summed E-state index contributed by atoms with van der Waals surface area (Å²) in [5, 5.41) is 11.6. The van der Waals surface area contributed by atoms with E-state index in [1.165, 1.54) is 18.2 Å². The number of rotatable bonds is 6. The van der Waals surface area contributed by atoms with Gasteiger partial charge < -0.3 is 10.4 Å². The van der Waals surface area contributed by atoms with E-state index in [0.717, 1.165) is 21.7 Å². The predicted octanol–water partition coefficient (Wildman–Crippen LogP) is 2.41. The molecule has 0 aromatic heterocycles.